The molecule has 1 saturated heterocycles. The summed E-state index contributed by atoms with van der Waals surface area (Å²) >= 11 is 1.11. The van der Waals surface area contributed by atoms with Gasteiger partial charge in [0.05, 0.1) is 23.7 Å². The van der Waals surface area contributed by atoms with Crippen molar-refractivity contribution in [2.75, 3.05) is 40.3 Å². The summed E-state index contributed by atoms with van der Waals surface area (Å²) in [7, 11) is 3.19. The van der Waals surface area contributed by atoms with E-state index >= 15 is 0 Å². The Bertz CT molecular complexity index is 987. The number of ether oxygens (including phenoxy) is 1. The summed E-state index contributed by atoms with van der Waals surface area (Å²) in [6.45, 7) is 9.56. The number of fused-ring (bicyclic) bond motifs is 4. The van der Waals surface area contributed by atoms with Gasteiger partial charge in [-0.2, -0.15) is 5.06 Å². The number of alkyl carbamates (subject to hydrolysis) is 1. The van der Waals surface area contributed by atoms with E-state index in [0.717, 1.165) is 11.3 Å². The van der Waals surface area contributed by atoms with Crippen LogP contribution >= 0.6 is 11.3 Å². The quantitative estimate of drug-likeness (QED) is 0.413. The lowest BCUT2D eigenvalue weighted by Gasteiger charge is -2.30. The predicted octanol–water partition coefficient (Wildman–Crippen LogP) is 1.44. The molecule has 34 heavy (non-hydrogen) atoms. The highest BCUT2D eigenvalue weighted by atomic mass is 32.1. The summed E-state index contributed by atoms with van der Waals surface area (Å²) in [5, 5.41) is 6.63. The summed E-state index contributed by atoms with van der Waals surface area (Å²) in [6.07, 6.45) is 0.941. The fourth-order valence-electron chi connectivity index (χ4n) is 3.53. The summed E-state index contributed by atoms with van der Waals surface area (Å²) in [6, 6.07) is -1.87. The Labute approximate surface area is 201 Å². The average Bonchev–Trinajstić information content (AvgIpc) is 3.30. The Morgan fingerprint density at radius 1 is 1.26 bits per heavy atom. The topological polar surface area (TPSA) is 133 Å². The van der Waals surface area contributed by atoms with Crippen molar-refractivity contribution in [1.82, 2.24) is 30.5 Å². The number of thiazole rings is 1. The lowest BCUT2D eigenvalue weighted by atomic mass is 10.0. The summed E-state index contributed by atoms with van der Waals surface area (Å²) < 4.78 is 5.15. The number of aromatic nitrogens is 1. The van der Waals surface area contributed by atoms with Gasteiger partial charge in [-0.25, -0.2) is 14.6 Å². The Balaban J connectivity index is 1.74. The van der Waals surface area contributed by atoms with Gasteiger partial charge in [-0.1, -0.05) is 6.08 Å². The minimum absolute atomic E-state index is 0.120. The molecule has 0 saturated carbocycles. The Morgan fingerprint density at radius 2 is 1.94 bits per heavy atom. The highest BCUT2D eigenvalue weighted by Crippen LogP contribution is 2.46. The van der Waals surface area contributed by atoms with E-state index in [1.165, 1.54) is 20.9 Å². The van der Waals surface area contributed by atoms with E-state index in [9.17, 15) is 19.2 Å². The number of carbonyl (C=O) groups is 4. The minimum atomic E-state index is -0.947. The first kappa shape index (κ1) is 25.4. The van der Waals surface area contributed by atoms with Crippen molar-refractivity contribution in [2.45, 2.75) is 38.5 Å². The SMILES string of the molecule is C=CCON1C(=O)N2CC1c1sc(C(=O)NCCNC(=O)OC(C)(C)C)nc1C2C(=O)N(C)C. The number of hydroxylamine groups is 2. The van der Waals surface area contributed by atoms with Crippen LogP contribution in [-0.4, -0.2) is 89.7 Å². The molecule has 1 aromatic rings. The van der Waals surface area contributed by atoms with Gasteiger partial charge in [-0.3, -0.25) is 14.4 Å². The molecule has 1 fully saturated rings. The molecule has 0 spiro atoms. The number of urea groups is 1. The van der Waals surface area contributed by atoms with Crippen LogP contribution in [0.5, 0.6) is 0 Å². The van der Waals surface area contributed by atoms with Gasteiger partial charge in [-0.05, 0) is 20.8 Å². The van der Waals surface area contributed by atoms with Gasteiger partial charge < -0.3 is 25.2 Å². The third-order valence-electron chi connectivity index (χ3n) is 4.92. The molecule has 2 atom stereocenters. The summed E-state index contributed by atoms with van der Waals surface area (Å²) in [5.41, 5.74) is -0.247. The van der Waals surface area contributed by atoms with Crippen LogP contribution in [0.3, 0.4) is 0 Å². The Hall–Kier alpha value is -3.19. The molecular formula is C21H30N6O6S. The van der Waals surface area contributed by atoms with Crippen molar-refractivity contribution in [3.63, 3.8) is 0 Å². The number of hydrogen-bond acceptors (Lipinski definition) is 8. The molecule has 2 unspecified atom stereocenters. The minimum Gasteiger partial charge on any atom is -0.444 e. The third kappa shape index (κ3) is 5.30. The van der Waals surface area contributed by atoms with Crippen molar-refractivity contribution in [1.29, 1.82) is 0 Å². The molecule has 12 nitrogen and oxygen atoms in total. The molecule has 2 aliphatic rings. The van der Waals surface area contributed by atoms with E-state index in [1.54, 1.807) is 34.9 Å². The van der Waals surface area contributed by atoms with Gasteiger partial charge in [0, 0.05) is 27.2 Å². The molecule has 2 bridgehead atoms. The van der Waals surface area contributed by atoms with Crippen molar-refractivity contribution < 1.29 is 28.8 Å². The van der Waals surface area contributed by atoms with Crippen LogP contribution in [0, 0.1) is 0 Å². The van der Waals surface area contributed by atoms with E-state index in [4.69, 9.17) is 9.57 Å². The van der Waals surface area contributed by atoms with Gasteiger partial charge >= 0.3 is 12.1 Å². The van der Waals surface area contributed by atoms with Crippen LogP contribution in [0.15, 0.2) is 12.7 Å². The van der Waals surface area contributed by atoms with Crippen molar-refractivity contribution in [2.24, 2.45) is 0 Å². The highest BCUT2D eigenvalue weighted by molar-refractivity contribution is 7.13. The zero-order valence-electron chi connectivity index (χ0n) is 19.9. The molecule has 2 N–H and O–H groups in total. The van der Waals surface area contributed by atoms with Crippen LogP contribution in [0.4, 0.5) is 9.59 Å². The number of rotatable bonds is 8. The predicted molar refractivity (Wildman–Crippen MR) is 123 cm³/mol. The van der Waals surface area contributed by atoms with Crippen molar-refractivity contribution in [3.8, 4) is 0 Å². The van der Waals surface area contributed by atoms with Crippen molar-refractivity contribution >= 4 is 35.3 Å². The zero-order chi connectivity index (χ0) is 25.2. The maximum atomic E-state index is 12.9. The number of likely N-dealkylation sites (N-methyl/N-ethyl adjacent to an activating group) is 1. The second-order valence-corrected chi connectivity index (χ2v) is 9.98. The molecular weight excluding hydrogens is 464 g/mol. The van der Waals surface area contributed by atoms with Crippen LogP contribution in [0.25, 0.3) is 0 Å². The van der Waals surface area contributed by atoms with Crippen LogP contribution < -0.4 is 10.6 Å². The third-order valence-corrected chi connectivity index (χ3v) is 6.09. The zero-order valence-corrected chi connectivity index (χ0v) is 20.7. The molecule has 186 valence electrons. The molecule has 0 aromatic carbocycles. The lowest BCUT2D eigenvalue weighted by Crippen LogP contribution is -2.43. The maximum Gasteiger partial charge on any atom is 0.407 e. The van der Waals surface area contributed by atoms with Crippen LogP contribution in [0.1, 0.15) is 53.2 Å². The van der Waals surface area contributed by atoms with Gasteiger partial charge in [0.1, 0.15) is 11.6 Å². The van der Waals surface area contributed by atoms with Gasteiger partial charge in [0.2, 0.25) is 0 Å². The van der Waals surface area contributed by atoms with E-state index in [-0.39, 0.29) is 37.2 Å². The number of amides is 5. The van der Waals surface area contributed by atoms with E-state index in [0.29, 0.717) is 10.6 Å². The summed E-state index contributed by atoms with van der Waals surface area (Å²) in [5.74, 6) is -0.769. The van der Waals surface area contributed by atoms with Gasteiger partial charge in [-0.15, -0.1) is 17.9 Å². The lowest BCUT2D eigenvalue weighted by molar-refractivity contribution is -0.133. The van der Waals surface area contributed by atoms with Gasteiger partial charge in [0.25, 0.3) is 11.8 Å². The smallest absolute Gasteiger partial charge is 0.407 e. The maximum absolute atomic E-state index is 12.9. The number of carbonyl (C=O) groups excluding carboxylic acids is 4. The molecule has 3 rings (SSSR count). The van der Waals surface area contributed by atoms with E-state index < -0.39 is 35.7 Å². The largest absolute Gasteiger partial charge is 0.444 e. The van der Waals surface area contributed by atoms with Crippen LogP contribution in [-0.2, 0) is 14.4 Å². The highest BCUT2D eigenvalue weighted by Gasteiger charge is 2.53. The second kappa shape index (κ2) is 9.97. The van der Waals surface area contributed by atoms with Crippen LogP contribution in [0.2, 0.25) is 0 Å². The monoisotopic (exact) mass is 494 g/mol. The first-order valence-corrected chi connectivity index (χ1v) is 11.6. The first-order chi connectivity index (χ1) is 15.9. The molecule has 0 aliphatic carbocycles. The van der Waals surface area contributed by atoms with Gasteiger partial charge in [0.15, 0.2) is 11.0 Å². The first-order valence-electron chi connectivity index (χ1n) is 10.7. The molecule has 5 amide bonds. The molecule has 1 aromatic heterocycles. The second-order valence-electron chi connectivity index (χ2n) is 8.95. The Kier molecular flexibility index (Phi) is 7.46. The fourth-order valence-corrected chi connectivity index (χ4v) is 4.62. The normalized spacial score (nSPS) is 18.9. The fraction of sp³-hybridized carbons (Fsp3) is 0.571. The Morgan fingerprint density at radius 3 is 2.56 bits per heavy atom. The summed E-state index contributed by atoms with van der Waals surface area (Å²) in [4.78, 5) is 63.7. The van der Waals surface area contributed by atoms with E-state index in [2.05, 4.69) is 22.2 Å². The standard InChI is InChI=1S/C21H30N6O6S/c1-7-10-32-27-12-11-26(20(27)31)14(18(29)25(5)6)13-15(12)34-17(24-13)16(28)22-8-9-23-19(30)33-21(2,3)4/h7,12,14H,1,8-11H2,2-6H3,(H,22,28)(H,23,30). The number of hydrogen-bond donors (Lipinski definition) is 2. The molecule has 2 aliphatic heterocycles. The average molecular weight is 495 g/mol. The molecule has 13 heteroatoms. The molecule has 0 radical (unpaired) electrons. The number of nitrogens with one attached hydrogen (secondary N) is 2. The molecule has 3 heterocycles. The number of nitrogens with zero attached hydrogens (tertiary/aromatic N) is 4. The van der Waals surface area contributed by atoms with Crippen molar-refractivity contribution in [3.05, 3.63) is 28.2 Å². The van der Waals surface area contributed by atoms with E-state index in [1.807, 2.05) is 0 Å².